The minimum atomic E-state index is -4.56. The predicted molar refractivity (Wildman–Crippen MR) is 127 cm³/mol. The molecular formula is C23H28ClF3N4S. The van der Waals surface area contributed by atoms with Gasteiger partial charge in [-0.05, 0) is 88.6 Å². The lowest BCUT2D eigenvalue weighted by molar-refractivity contribution is -0.136. The Bertz CT molecular complexity index is 947. The maximum Gasteiger partial charge on any atom is 0.418 e. The van der Waals surface area contributed by atoms with E-state index >= 15 is 0 Å². The van der Waals surface area contributed by atoms with Gasteiger partial charge in [0, 0.05) is 41.1 Å². The summed E-state index contributed by atoms with van der Waals surface area (Å²) >= 11 is 11.5. The zero-order chi connectivity index (χ0) is 23.7. The number of rotatable bonds is 4. The van der Waals surface area contributed by atoms with Crippen molar-refractivity contribution in [2.75, 3.05) is 5.32 Å². The van der Waals surface area contributed by atoms with E-state index in [1.807, 2.05) is 17.0 Å². The number of piperidine rings is 1. The van der Waals surface area contributed by atoms with Crippen LogP contribution in [0.2, 0.25) is 5.02 Å². The first-order valence-corrected chi connectivity index (χ1v) is 11.2. The van der Waals surface area contributed by atoms with Crippen LogP contribution in [0.15, 0.2) is 42.7 Å². The van der Waals surface area contributed by atoms with Gasteiger partial charge >= 0.3 is 6.18 Å². The molecule has 0 aliphatic carbocycles. The zero-order valence-electron chi connectivity index (χ0n) is 18.6. The Morgan fingerprint density at radius 3 is 2.31 bits per heavy atom. The van der Waals surface area contributed by atoms with E-state index in [2.05, 4.69) is 43.3 Å². The number of nitrogens with one attached hydrogen (secondary N) is 2. The molecule has 1 aromatic carbocycles. The van der Waals surface area contributed by atoms with E-state index in [9.17, 15) is 13.2 Å². The third-order valence-corrected chi connectivity index (χ3v) is 6.07. The van der Waals surface area contributed by atoms with Crippen LogP contribution < -0.4 is 10.6 Å². The van der Waals surface area contributed by atoms with Gasteiger partial charge in [0.15, 0.2) is 5.11 Å². The summed E-state index contributed by atoms with van der Waals surface area (Å²) < 4.78 is 40.8. The number of pyridine rings is 1. The molecule has 4 nitrogen and oxygen atoms in total. The molecule has 0 bridgehead atoms. The molecule has 3 rings (SSSR count). The van der Waals surface area contributed by atoms with Gasteiger partial charge in [-0.3, -0.25) is 4.98 Å². The third kappa shape index (κ3) is 6.33. The van der Waals surface area contributed by atoms with Crippen LogP contribution in [-0.4, -0.2) is 32.1 Å². The molecular weight excluding hydrogens is 457 g/mol. The Hall–Kier alpha value is -1.90. The topological polar surface area (TPSA) is 40.2 Å². The Balaban J connectivity index is 1.94. The monoisotopic (exact) mass is 484 g/mol. The van der Waals surface area contributed by atoms with Crippen LogP contribution in [0.5, 0.6) is 0 Å². The summed E-state index contributed by atoms with van der Waals surface area (Å²) in [4.78, 5) is 6.05. The zero-order valence-corrected chi connectivity index (χ0v) is 20.1. The molecule has 1 aliphatic rings. The summed E-state index contributed by atoms with van der Waals surface area (Å²) in [6.07, 6.45) is 0.409. The second kappa shape index (κ2) is 9.15. The second-order valence-electron chi connectivity index (χ2n) is 9.56. The first kappa shape index (κ1) is 24.7. The molecule has 1 aliphatic heterocycles. The van der Waals surface area contributed by atoms with Crippen LogP contribution in [0.3, 0.4) is 0 Å². The van der Waals surface area contributed by atoms with Gasteiger partial charge in [-0.15, -0.1) is 0 Å². The highest BCUT2D eigenvalue weighted by Crippen LogP contribution is 2.37. The molecule has 1 fully saturated rings. The van der Waals surface area contributed by atoms with Crippen molar-refractivity contribution < 1.29 is 13.2 Å². The maximum atomic E-state index is 13.6. The summed E-state index contributed by atoms with van der Waals surface area (Å²) in [5.41, 5.74) is -0.294. The quantitative estimate of drug-likeness (QED) is 0.501. The summed E-state index contributed by atoms with van der Waals surface area (Å²) in [7, 11) is 0. The van der Waals surface area contributed by atoms with Crippen LogP contribution in [0.4, 0.5) is 18.9 Å². The molecule has 174 valence electrons. The fourth-order valence-electron chi connectivity index (χ4n) is 4.59. The third-order valence-electron chi connectivity index (χ3n) is 5.50. The van der Waals surface area contributed by atoms with E-state index in [-0.39, 0.29) is 32.9 Å². The maximum absolute atomic E-state index is 13.6. The van der Waals surface area contributed by atoms with Crippen LogP contribution in [0.1, 0.15) is 51.7 Å². The van der Waals surface area contributed by atoms with E-state index in [0.29, 0.717) is 6.54 Å². The fourth-order valence-corrected chi connectivity index (χ4v) is 5.08. The number of alkyl halides is 3. The predicted octanol–water partition coefficient (Wildman–Crippen LogP) is 6.26. The van der Waals surface area contributed by atoms with Crippen molar-refractivity contribution in [3.63, 3.8) is 0 Å². The normalized spacial score (nSPS) is 18.2. The summed E-state index contributed by atoms with van der Waals surface area (Å²) in [6, 6.07) is 7.45. The fraction of sp³-hybridized carbons (Fsp3) is 0.478. The number of benzene rings is 1. The molecule has 9 heteroatoms. The first-order valence-electron chi connectivity index (χ1n) is 10.4. The number of hydrogen-bond donors (Lipinski definition) is 2. The lowest BCUT2D eigenvalue weighted by atomic mass is 9.79. The number of aromatic nitrogens is 1. The SMILES string of the molecule is CC1(C)CC(N(Cc2ccncc2)C(=S)Nc2ccc(Cl)cc2C(F)(F)F)CC(C)(C)N1. The molecule has 0 amide bonds. The Kier molecular flexibility index (Phi) is 7.08. The molecule has 0 atom stereocenters. The van der Waals surface area contributed by atoms with E-state index in [1.54, 1.807) is 12.4 Å². The minimum absolute atomic E-state index is 0.0179. The minimum Gasteiger partial charge on any atom is -0.342 e. The van der Waals surface area contributed by atoms with Gasteiger partial charge in [0.05, 0.1) is 11.3 Å². The summed E-state index contributed by atoms with van der Waals surface area (Å²) in [5, 5.41) is 6.76. The van der Waals surface area contributed by atoms with Gasteiger partial charge in [0.1, 0.15) is 0 Å². The van der Waals surface area contributed by atoms with Gasteiger partial charge in [-0.25, -0.2) is 0 Å². The molecule has 1 aromatic heterocycles. The van der Waals surface area contributed by atoms with Gasteiger partial charge in [-0.2, -0.15) is 13.2 Å². The Morgan fingerprint density at radius 2 is 1.75 bits per heavy atom. The van der Waals surface area contributed by atoms with Crippen LogP contribution in [0.25, 0.3) is 0 Å². The lowest BCUT2D eigenvalue weighted by Gasteiger charge is -2.50. The van der Waals surface area contributed by atoms with Crippen molar-refractivity contribution in [2.24, 2.45) is 0 Å². The molecule has 32 heavy (non-hydrogen) atoms. The van der Waals surface area contributed by atoms with Gasteiger partial charge in [0.25, 0.3) is 0 Å². The van der Waals surface area contributed by atoms with Crippen molar-refractivity contribution in [1.82, 2.24) is 15.2 Å². The molecule has 0 radical (unpaired) electrons. The van der Waals surface area contributed by atoms with Gasteiger partial charge < -0.3 is 15.5 Å². The highest BCUT2D eigenvalue weighted by Gasteiger charge is 2.41. The van der Waals surface area contributed by atoms with Crippen molar-refractivity contribution >= 4 is 34.6 Å². The van der Waals surface area contributed by atoms with Crippen molar-refractivity contribution in [2.45, 2.75) is 70.4 Å². The highest BCUT2D eigenvalue weighted by molar-refractivity contribution is 7.80. The molecule has 1 saturated heterocycles. The Labute approximate surface area is 197 Å². The van der Waals surface area contributed by atoms with Crippen LogP contribution in [-0.2, 0) is 12.7 Å². The number of hydrogen-bond acceptors (Lipinski definition) is 3. The average molecular weight is 485 g/mol. The number of nitrogens with zero attached hydrogens (tertiary/aromatic N) is 2. The first-order chi connectivity index (χ1) is 14.8. The molecule has 0 spiro atoms. The number of thiocarbonyl (C=S) groups is 1. The second-order valence-corrected chi connectivity index (χ2v) is 10.4. The van der Waals surface area contributed by atoms with E-state index in [1.165, 1.54) is 12.1 Å². The van der Waals surface area contributed by atoms with Crippen molar-refractivity contribution in [3.05, 3.63) is 58.9 Å². The van der Waals surface area contributed by atoms with Crippen LogP contribution in [0, 0.1) is 0 Å². The average Bonchev–Trinajstić information content (AvgIpc) is 2.65. The molecule has 0 saturated carbocycles. The largest absolute Gasteiger partial charge is 0.418 e. The summed E-state index contributed by atoms with van der Waals surface area (Å²) in [5.74, 6) is 0. The van der Waals surface area contributed by atoms with E-state index < -0.39 is 11.7 Å². The summed E-state index contributed by atoms with van der Waals surface area (Å²) in [6.45, 7) is 8.97. The number of halogens is 4. The van der Waals surface area contributed by atoms with Crippen molar-refractivity contribution in [3.8, 4) is 0 Å². The van der Waals surface area contributed by atoms with E-state index in [4.69, 9.17) is 23.8 Å². The number of anilines is 1. The van der Waals surface area contributed by atoms with Gasteiger partial charge in [0.2, 0.25) is 0 Å². The van der Waals surface area contributed by atoms with Gasteiger partial charge in [-0.1, -0.05) is 11.6 Å². The van der Waals surface area contributed by atoms with E-state index in [0.717, 1.165) is 24.5 Å². The Morgan fingerprint density at radius 1 is 1.16 bits per heavy atom. The van der Waals surface area contributed by atoms with Crippen LogP contribution >= 0.6 is 23.8 Å². The standard InChI is InChI=1S/C23H28ClF3N4S/c1-21(2)12-17(13-22(3,4)30-21)31(14-15-7-9-28-10-8-15)20(32)29-19-6-5-16(24)11-18(19)23(25,26)27/h5-11,17,30H,12-14H2,1-4H3,(H,29,32). The molecule has 2 heterocycles. The molecule has 2 aromatic rings. The smallest absolute Gasteiger partial charge is 0.342 e. The highest BCUT2D eigenvalue weighted by atomic mass is 35.5. The lowest BCUT2D eigenvalue weighted by Crippen LogP contribution is -2.63. The molecule has 2 N–H and O–H groups in total. The van der Waals surface area contributed by atoms with Crippen molar-refractivity contribution in [1.29, 1.82) is 0 Å². The molecule has 0 unspecified atom stereocenters.